The highest BCUT2D eigenvalue weighted by molar-refractivity contribution is 7.89. The number of nitrogens with one attached hydrogen (secondary N) is 2. The van der Waals surface area contributed by atoms with E-state index in [9.17, 15) is 31.2 Å². The summed E-state index contributed by atoms with van der Waals surface area (Å²) < 4.78 is 67.6. The highest BCUT2D eigenvalue weighted by Gasteiger charge is 2.34. The fourth-order valence-electron chi connectivity index (χ4n) is 4.76. The van der Waals surface area contributed by atoms with Crippen LogP contribution in [0.5, 0.6) is 0 Å². The number of alkyl halides is 3. The van der Waals surface area contributed by atoms with E-state index in [4.69, 9.17) is 16.8 Å². The molecule has 0 unspecified atom stereocenters. The molecule has 10 nitrogen and oxygen atoms in total. The lowest BCUT2D eigenvalue weighted by molar-refractivity contribution is -0.137. The van der Waals surface area contributed by atoms with Gasteiger partial charge in [-0.05, 0) is 61.2 Å². The summed E-state index contributed by atoms with van der Waals surface area (Å²) in [6, 6.07) is 7.57. The second-order valence-electron chi connectivity index (χ2n) is 9.50. The Morgan fingerprint density at radius 3 is 2.40 bits per heavy atom. The summed E-state index contributed by atoms with van der Waals surface area (Å²) in [5.41, 5.74) is 2.30. The van der Waals surface area contributed by atoms with Gasteiger partial charge in [0.15, 0.2) is 0 Å². The number of carbonyl (C=O) groups excluding carboxylic acids is 2. The van der Waals surface area contributed by atoms with Gasteiger partial charge in [0.05, 0.1) is 10.5 Å². The molecule has 1 saturated heterocycles. The minimum Gasteiger partial charge on any atom is -0.369 e. The molecule has 218 valence electrons. The number of sulfonamides is 1. The van der Waals surface area contributed by atoms with Crippen LogP contribution in [0, 0.1) is 0 Å². The van der Waals surface area contributed by atoms with E-state index in [0.717, 1.165) is 12.1 Å². The van der Waals surface area contributed by atoms with Crippen molar-refractivity contribution in [2.24, 2.45) is 0 Å². The van der Waals surface area contributed by atoms with Gasteiger partial charge in [0.25, 0.3) is 0 Å². The number of hydroxylamine groups is 1. The van der Waals surface area contributed by atoms with Crippen molar-refractivity contribution >= 4 is 44.9 Å². The first-order valence-corrected chi connectivity index (χ1v) is 14.5. The number of rotatable bonds is 8. The van der Waals surface area contributed by atoms with Gasteiger partial charge in [-0.1, -0.05) is 11.6 Å². The SMILES string of the molecule is O=C(CCCCNC(=O)N1CCc2cc(S(=O)(=O)N3CCN(c4cc(Cl)cc(C(F)(F)F)c4)CC3)ccc21)NO. The molecule has 4 rings (SSSR count). The molecule has 2 aliphatic rings. The predicted molar refractivity (Wildman–Crippen MR) is 142 cm³/mol. The summed E-state index contributed by atoms with van der Waals surface area (Å²) in [6.07, 6.45) is -2.88. The molecule has 3 amide bonds. The summed E-state index contributed by atoms with van der Waals surface area (Å²) in [5.74, 6) is -0.493. The molecule has 0 aromatic heterocycles. The summed E-state index contributed by atoms with van der Waals surface area (Å²) in [4.78, 5) is 27.0. The highest BCUT2D eigenvalue weighted by atomic mass is 35.5. The minimum atomic E-state index is -4.55. The molecule has 40 heavy (non-hydrogen) atoms. The zero-order valence-corrected chi connectivity index (χ0v) is 22.9. The van der Waals surface area contributed by atoms with E-state index < -0.39 is 27.7 Å². The van der Waals surface area contributed by atoms with Gasteiger partial charge in [0, 0.05) is 62.1 Å². The highest BCUT2D eigenvalue weighted by Crippen LogP contribution is 2.35. The number of fused-ring (bicyclic) bond motifs is 1. The fraction of sp³-hybridized carbons (Fsp3) is 0.440. The van der Waals surface area contributed by atoms with Crippen LogP contribution in [0.15, 0.2) is 41.3 Å². The van der Waals surface area contributed by atoms with E-state index in [1.165, 1.54) is 21.3 Å². The van der Waals surface area contributed by atoms with Gasteiger partial charge in [-0.25, -0.2) is 18.7 Å². The Labute approximate surface area is 234 Å². The average molecular weight is 604 g/mol. The molecule has 2 aromatic carbocycles. The molecule has 0 radical (unpaired) electrons. The Kier molecular flexibility index (Phi) is 9.12. The first-order valence-electron chi connectivity index (χ1n) is 12.6. The summed E-state index contributed by atoms with van der Waals surface area (Å²) in [6.45, 7) is 1.29. The molecule has 0 bridgehead atoms. The summed E-state index contributed by atoms with van der Waals surface area (Å²) in [7, 11) is -3.87. The third-order valence-corrected chi connectivity index (χ3v) is 8.99. The smallest absolute Gasteiger partial charge is 0.369 e. The number of unbranched alkanes of at least 4 members (excludes halogenated alkanes) is 1. The Balaban J connectivity index is 1.36. The van der Waals surface area contributed by atoms with E-state index >= 15 is 0 Å². The third kappa shape index (κ3) is 6.79. The Hall–Kier alpha value is -3.07. The topological polar surface area (TPSA) is 122 Å². The van der Waals surface area contributed by atoms with Crippen molar-refractivity contribution in [3.8, 4) is 0 Å². The van der Waals surface area contributed by atoms with Crippen molar-refractivity contribution in [3.05, 3.63) is 52.5 Å². The van der Waals surface area contributed by atoms with Crippen LogP contribution in [-0.4, -0.2) is 69.1 Å². The quantitative estimate of drug-likeness (QED) is 0.241. The van der Waals surface area contributed by atoms with E-state index in [2.05, 4.69) is 5.32 Å². The van der Waals surface area contributed by atoms with Gasteiger partial charge < -0.3 is 10.2 Å². The average Bonchev–Trinajstić information content (AvgIpc) is 3.35. The Morgan fingerprint density at radius 2 is 1.73 bits per heavy atom. The second-order valence-corrected chi connectivity index (χ2v) is 11.9. The molecule has 0 spiro atoms. The molecular weight excluding hydrogens is 575 g/mol. The largest absolute Gasteiger partial charge is 0.416 e. The summed E-state index contributed by atoms with van der Waals surface area (Å²) >= 11 is 5.90. The van der Waals surface area contributed by atoms with Gasteiger partial charge >= 0.3 is 12.2 Å². The van der Waals surface area contributed by atoms with Gasteiger partial charge in [-0.15, -0.1) is 0 Å². The summed E-state index contributed by atoms with van der Waals surface area (Å²) in [5, 5.41) is 11.2. The van der Waals surface area contributed by atoms with Gasteiger partial charge in [-0.3, -0.25) is 14.9 Å². The lowest BCUT2D eigenvalue weighted by Gasteiger charge is -2.35. The molecule has 0 aliphatic carbocycles. The molecule has 3 N–H and O–H groups in total. The normalized spacial score (nSPS) is 16.1. The molecule has 2 aliphatic heterocycles. The zero-order chi connectivity index (χ0) is 29.1. The molecular formula is C25H29ClF3N5O5S. The number of hydrogen-bond acceptors (Lipinski definition) is 6. The van der Waals surface area contributed by atoms with Crippen molar-refractivity contribution < 1.29 is 36.4 Å². The van der Waals surface area contributed by atoms with Crippen LogP contribution in [0.3, 0.4) is 0 Å². The lowest BCUT2D eigenvalue weighted by atomic mass is 10.1. The number of halogens is 4. The molecule has 0 atom stereocenters. The van der Waals surface area contributed by atoms with Crippen LogP contribution in [0.1, 0.15) is 30.4 Å². The van der Waals surface area contributed by atoms with E-state index in [1.807, 2.05) is 0 Å². The van der Waals surface area contributed by atoms with E-state index in [-0.39, 0.29) is 54.2 Å². The number of urea groups is 1. The van der Waals surface area contributed by atoms with Crippen molar-refractivity contribution in [1.82, 2.24) is 15.1 Å². The minimum absolute atomic E-state index is 0.0483. The van der Waals surface area contributed by atoms with Crippen molar-refractivity contribution in [3.63, 3.8) is 0 Å². The number of amides is 3. The number of benzene rings is 2. The fourth-order valence-corrected chi connectivity index (χ4v) is 6.47. The maximum absolute atomic E-state index is 13.4. The number of anilines is 2. The van der Waals surface area contributed by atoms with Crippen LogP contribution in [-0.2, 0) is 27.4 Å². The van der Waals surface area contributed by atoms with Gasteiger partial charge in [0.1, 0.15) is 0 Å². The standard InChI is InChI=1S/C25H29ClF3N5O5S/c26-19-14-18(25(27,28)29)15-20(16-19)32-9-11-33(12-10-32)40(38,39)21-4-5-22-17(13-21)6-8-34(22)24(36)30-7-2-1-3-23(35)31-37/h4-5,13-16,37H,1-3,6-12H2,(H,30,36)(H,31,35). The molecule has 1 fully saturated rings. The first kappa shape index (κ1) is 29.9. The predicted octanol–water partition coefficient (Wildman–Crippen LogP) is 3.62. The van der Waals surface area contributed by atoms with E-state index in [0.29, 0.717) is 43.6 Å². The van der Waals surface area contributed by atoms with Crippen LogP contribution in [0.25, 0.3) is 0 Å². The van der Waals surface area contributed by atoms with E-state index in [1.54, 1.807) is 22.5 Å². The Bertz CT molecular complexity index is 1370. The van der Waals surface area contributed by atoms with Crippen molar-refractivity contribution in [1.29, 1.82) is 0 Å². The number of piperazine rings is 1. The zero-order valence-electron chi connectivity index (χ0n) is 21.4. The van der Waals surface area contributed by atoms with Crippen LogP contribution >= 0.6 is 11.6 Å². The molecule has 0 saturated carbocycles. The van der Waals surface area contributed by atoms with Crippen LogP contribution < -0.4 is 20.6 Å². The second kappa shape index (κ2) is 12.2. The maximum Gasteiger partial charge on any atom is 0.416 e. The number of hydrogen-bond donors (Lipinski definition) is 3. The number of nitrogens with zero attached hydrogens (tertiary/aromatic N) is 3. The van der Waals surface area contributed by atoms with Gasteiger partial charge in [0.2, 0.25) is 15.9 Å². The Morgan fingerprint density at radius 1 is 1.00 bits per heavy atom. The number of carbonyl (C=O) groups is 2. The first-order chi connectivity index (χ1) is 18.9. The maximum atomic E-state index is 13.4. The van der Waals surface area contributed by atoms with Crippen molar-refractivity contribution in [2.75, 3.05) is 49.1 Å². The molecule has 2 heterocycles. The molecule has 15 heteroatoms. The van der Waals surface area contributed by atoms with Crippen LogP contribution in [0.4, 0.5) is 29.3 Å². The third-order valence-electron chi connectivity index (χ3n) is 6.87. The van der Waals surface area contributed by atoms with Crippen LogP contribution in [0.2, 0.25) is 5.02 Å². The monoisotopic (exact) mass is 603 g/mol. The lowest BCUT2D eigenvalue weighted by Crippen LogP contribution is -2.48. The molecule has 2 aromatic rings. The van der Waals surface area contributed by atoms with Crippen molar-refractivity contribution in [2.45, 2.75) is 36.8 Å². The van der Waals surface area contributed by atoms with Gasteiger partial charge in [-0.2, -0.15) is 17.5 Å².